The molecule has 1 aromatic carbocycles. The number of aliphatic hydroxyl groups excluding tert-OH is 2. The van der Waals surface area contributed by atoms with Crippen molar-refractivity contribution in [1.82, 2.24) is 9.55 Å². The highest BCUT2D eigenvalue weighted by Crippen LogP contribution is 2.04. The average molecular weight is 289 g/mol. The van der Waals surface area contributed by atoms with Crippen LogP contribution < -0.4 is 11.0 Å². The highest BCUT2D eigenvalue weighted by atomic mass is 16.3. The monoisotopic (exact) mass is 289 g/mol. The Morgan fingerprint density at radius 1 is 1.29 bits per heavy atom. The van der Waals surface area contributed by atoms with Gasteiger partial charge in [0.15, 0.2) is 0 Å². The van der Waals surface area contributed by atoms with Crippen molar-refractivity contribution in [2.75, 3.05) is 11.9 Å². The van der Waals surface area contributed by atoms with Crippen molar-refractivity contribution in [3.05, 3.63) is 58.6 Å². The fourth-order valence-corrected chi connectivity index (χ4v) is 1.70. The van der Waals surface area contributed by atoms with Crippen LogP contribution >= 0.6 is 0 Å². The molecular formula is C14H15N3O4. The number of hydrogen-bond acceptors (Lipinski definition) is 5. The molecule has 0 fully saturated rings. The van der Waals surface area contributed by atoms with Crippen LogP contribution in [0.3, 0.4) is 0 Å². The van der Waals surface area contributed by atoms with Gasteiger partial charge in [0.2, 0.25) is 0 Å². The van der Waals surface area contributed by atoms with E-state index in [9.17, 15) is 14.7 Å². The molecule has 0 radical (unpaired) electrons. The van der Waals surface area contributed by atoms with Crippen molar-refractivity contribution < 1.29 is 15.0 Å². The average Bonchev–Trinajstić information content (AvgIpc) is 2.50. The zero-order chi connectivity index (χ0) is 15.2. The summed E-state index contributed by atoms with van der Waals surface area (Å²) in [6.07, 6.45) is 0.365. The van der Waals surface area contributed by atoms with Gasteiger partial charge < -0.3 is 15.5 Å². The Bertz CT molecular complexity index is 669. The Labute approximate surface area is 120 Å². The van der Waals surface area contributed by atoms with Crippen LogP contribution in [0.5, 0.6) is 0 Å². The molecular weight excluding hydrogens is 274 g/mol. The summed E-state index contributed by atoms with van der Waals surface area (Å²) in [6, 6.07) is 10.0. The van der Waals surface area contributed by atoms with Crippen molar-refractivity contribution in [3.8, 4) is 0 Å². The SMILES string of the molecule is O=C(Nc1ccn(C[C@@H](O)CO)c(=O)n1)c1ccccc1. The normalized spacial score (nSPS) is 11.9. The van der Waals surface area contributed by atoms with E-state index in [1.165, 1.54) is 12.3 Å². The molecule has 21 heavy (non-hydrogen) atoms. The number of rotatable bonds is 5. The molecule has 1 atom stereocenters. The summed E-state index contributed by atoms with van der Waals surface area (Å²) in [5.41, 5.74) is -0.160. The predicted molar refractivity (Wildman–Crippen MR) is 76.0 cm³/mol. The maximum Gasteiger partial charge on any atom is 0.349 e. The maximum absolute atomic E-state index is 11.9. The highest BCUT2D eigenvalue weighted by Gasteiger charge is 2.09. The first-order valence-corrected chi connectivity index (χ1v) is 6.33. The summed E-state index contributed by atoms with van der Waals surface area (Å²) in [5, 5.41) is 20.6. The molecule has 0 spiro atoms. The van der Waals surface area contributed by atoms with Gasteiger partial charge >= 0.3 is 5.69 Å². The van der Waals surface area contributed by atoms with E-state index in [1.54, 1.807) is 30.3 Å². The molecule has 1 aromatic heterocycles. The lowest BCUT2D eigenvalue weighted by molar-refractivity contribution is 0.0800. The lowest BCUT2D eigenvalue weighted by Crippen LogP contribution is -2.30. The minimum absolute atomic E-state index is 0.0603. The number of amides is 1. The Kier molecular flexibility index (Phi) is 4.81. The van der Waals surface area contributed by atoms with E-state index in [4.69, 9.17) is 5.11 Å². The lowest BCUT2D eigenvalue weighted by Gasteiger charge is -2.10. The first-order valence-electron chi connectivity index (χ1n) is 6.33. The third kappa shape index (κ3) is 3.98. The number of hydrogen-bond donors (Lipinski definition) is 3. The molecule has 0 bridgehead atoms. The molecule has 0 aliphatic rings. The zero-order valence-corrected chi connectivity index (χ0v) is 11.1. The first-order chi connectivity index (χ1) is 10.1. The zero-order valence-electron chi connectivity index (χ0n) is 11.1. The summed E-state index contributed by atoms with van der Waals surface area (Å²) in [5.74, 6) is -0.237. The van der Waals surface area contributed by atoms with Crippen LogP contribution in [0.25, 0.3) is 0 Å². The topological polar surface area (TPSA) is 104 Å². The van der Waals surface area contributed by atoms with Gasteiger partial charge in [-0.2, -0.15) is 4.98 Å². The third-order valence-electron chi connectivity index (χ3n) is 2.77. The molecule has 110 valence electrons. The minimum Gasteiger partial charge on any atom is -0.394 e. The molecule has 0 aliphatic carbocycles. The van der Waals surface area contributed by atoms with E-state index >= 15 is 0 Å². The van der Waals surface area contributed by atoms with Gasteiger partial charge in [0.1, 0.15) is 5.82 Å². The number of aromatic nitrogens is 2. The number of carbonyl (C=O) groups is 1. The van der Waals surface area contributed by atoms with Gasteiger partial charge in [-0.3, -0.25) is 9.36 Å². The van der Waals surface area contributed by atoms with Crippen molar-refractivity contribution >= 4 is 11.7 Å². The van der Waals surface area contributed by atoms with E-state index in [0.717, 1.165) is 4.57 Å². The quantitative estimate of drug-likeness (QED) is 0.710. The van der Waals surface area contributed by atoms with E-state index in [0.29, 0.717) is 5.56 Å². The second kappa shape index (κ2) is 6.78. The van der Waals surface area contributed by atoms with Gasteiger partial charge in [-0.15, -0.1) is 0 Å². The van der Waals surface area contributed by atoms with E-state index in [-0.39, 0.29) is 18.3 Å². The standard InChI is InChI=1S/C14H15N3O4/c18-9-11(19)8-17-7-6-12(16-14(17)21)15-13(20)10-4-2-1-3-5-10/h1-7,11,18-19H,8-9H2,(H,15,16,20,21)/t11-/m1/s1. The largest absolute Gasteiger partial charge is 0.394 e. The number of benzene rings is 1. The van der Waals surface area contributed by atoms with Crippen LogP contribution in [0.2, 0.25) is 0 Å². The highest BCUT2D eigenvalue weighted by molar-refractivity contribution is 6.03. The number of anilines is 1. The third-order valence-corrected chi connectivity index (χ3v) is 2.77. The molecule has 7 heteroatoms. The molecule has 0 saturated carbocycles. The fraction of sp³-hybridized carbons (Fsp3) is 0.214. The van der Waals surface area contributed by atoms with Gasteiger partial charge in [0, 0.05) is 11.8 Å². The molecule has 0 unspecified atom stereocenters. The van der Waals surface area contributed by atoms with Crippen LogP contribution in [-0.4, -0.2) is 38.4 Å². The molecule has 2 rings (SSSR count). The fourth-order valence-electron chi connectivity index (χ4n) is 1.70. The summed E-state index contributed by atoms with van der Waals surface area (Å²) < 4.78 is 1.15. The molecule has 2 aromatic rings. The van der Waals surface area contributed by atoms with Crippen LogP contribution in [0.15, 0.2) is 47.4 Å². The van der Waals surface area contributed by atoms with Gasteiger partial charge in [-0.25, -0.2) is 4.79 Å². The minimum atomic E-state index is -1.03. The summed E-state index contributed by atoms with van der Waals surface area (Å²) in [4.78, 5) is 27.3. The van der Waals surface area contributed by atoms with Gasteiger partial charge in [0.25, 0.3) is 5.91 Å². The number of nitrogens with zero attached hydrogens (tertiary/aromatic N) is 2. The second-order valence-electron chi connectivity index (χ2n) is 4.40. The number of carbonyl (C=O) groups excluding carboxylic acids is 1. The molecule has 0 saturated heterocycles. The van der Waals surface area contributed by atoms with Crippen molar-refractivity contribution in [2.45, 2.75) is 12.6 Å². The lowest BCUT2D eigenvalue weighted by atomic mass is 10.2. The molecule has 7 nitrogen and oxygen atoms in total. The Hall–Kier alpha value is -2.51. The molecule has 1 heterocycles. The van der Waals surface area contributed by atoms with Gasteiger partial charge in [0.05, 0.1) is 19.3 Å². The van der Waals surface area contributed by atoms with Gasteiger partial charge in [-0.05, 0) is 18.2 Å². The van der Waals surface area contributed by atoms with E-state index < -0.39 is 18.4 Å². The second-order valence-corrected chi connectivity index (χ2v) is 4.40. The molecule has 3 N–H and O–H groups in total. The van der Waals surface area contributed by atoms with Crippen molar-refractivity contribution in [3.63, 3.8) is 0 Å². The first kappa shape index (κ1) is 14.9. The number of aliphatic hydroxyl groups is 2. The van der Waals surface area contributed by atoms with Crippen molar-refractivity contribution in [2.24, 2.45) is 0 Å². The molecule has 0 aliphatic heterocycles. The van der Waals surface area contributed by atoms with Crippen LogP contribution in [-0.2, 0) is 6.54 Å². The Morgan fingerprint density at radius 3 is 2.62 bits per heavy atom. The predicted octanol–water partition coefficient (Wildman–Crippen LogP) is -0.151. The van der Waals surface area contributed by atoms with Crippen molar-refractivity contribution in [1.29, 1.82) is 0 Å². The van der Waals surface area contributed by atoms with Gasteiger partial charge in [-0.1, -0.05) is 18.2 Å². The van der Waals surface area contributed by atoms with E-state index in [2.05, 4.69) is 10.3 Å². The molecule has 1 amide bonds. The Balaban J connectivity index is 2.10. The smallest absolute Gasteiger partial charge is 0.349 e. The van der Waals surface area contributed by atoms with Crippen LogP contribution in [0.4, 0.5) is 5.82 Å². The Morgan fingerprint density at radius 2 is 2.00 bits per heavy atom. The number of nitrogens with one attached hydrogen (secondary N) is 1. The maximum atomic E-state index is 11.9. The van der Waals surface area contributed by atoms with Crippen LogP contribution in [0.1, 0.15) is 10.4 Å². The summed E-state index contributed by atoms with van der Waals surface area (Å²) in [6.45, 7) is -0.506. The summed E-state index contributed by atoms with van der Waals surface area (Å²) >= 11 is 0. The summed E-state index contributed by atoms with van der Waals surface area (Å²) in [7, 11) is 0. The van der Waals surface area contributed by atoms with E-state index in [1.807, 2.05) is 0 Å². The van der Waals surface area contributed by atoms with Crippen LogP contribution in [0, 0.1) is 0 Å².